The van der Waals surface area contributed by atoms with Crippen molar-refractivity contribution < 1.29 is 14.3 Å². The predicted molar refractivity (Wildman–Crippen MR) is 87.4 cm³/mol. The summed E-state index contributed by atoms with van der Waals surface area (Å²) in [5, 5.41) is 9.60. The lowest BCUT2D eigenvalue weighted by molar-refractivity contribution is -0.839. The standard InChI is InChI=1S/C17H26N3O2/c1-14(2)10-16(18)20(9-8-19-17(20)11-21)13-22-12-15-6-4-3-5-7-15/h3-9,14,16,21H,10-13,18H2,1-2H3/q+1/t16-,20?/m0/s1. The maximum Gasteiger partial charge on any atom is 0.236 e. The van der Waals surface area contributed by atoms with E-state index in [1.807, 2.05) is 36.5 Å². The van der Waals surface area contributed by atoms with Crippen LogP contribution >= 0.6 is 0 Å². The number of ether oxygens (including phenoxy) is 1. The molecule has 3 N–H and O–H groups in total. The normalized spacial score (nSPS) is 22.1. The van der Waals surface area contributed by atoms with Gasteiger partial charge < -0.3 is 9.84 Å². The molecule has 0 aromatic heterocycles. The van der Waals surface area contributed by atoms with Crippen molar-refractivity contribution in [2.45, 2.75) is 33.0 Å². The summed E-state index contributed by atoms with van der Waals surface area (Å²) < 4.78 is 6.17. The smallest absolute Gasteiger partial charge is 0.236 e. The van der Waals surface area contributed by atoms with Crippen molar-refractivity contribution in [1.29, 1.82) is 0 Å². The van der Waals surface area contributed by atoms with Gasteiger partial charge in [-0.05, 0) is 11.5 Å². The van der Waals surface area contributed by atoms with Crippen LogP contribution in [0.15, 0.2) is 47.7 Å². The summed E-state index contributed by atoms with van der Waals surface area (Å²) in [6, 6.07) is 10.0. The third-order valence-electron chi connectivity index (χ3n) is 3.90. The molecule has 5 heteroatoms. The van der Waals surface area contributed by atoms with Gasteiger partial charge in [-0.1, -0.05) is 44.2 Å². The van der Waals surface area contributed by atoms with E-state index in [2.05, 4.69) is 18.8 Å². The molecule has 0 bridgehead atoms. The molecule has 120 valence electrons. The van der Waals surface area contributed by atoms with Crippen molar-refractivity contribution in [2.24, 2.45) is 16.6 Å². The number of quaternary nitrogens is 1. The zero-order valence-electron chi connectivity index (χ0n) is 13.4. The second-order valence-electron chi connectivity index (χ2n) is 6.09. The Morgan fingerprint density at radius 3 is 2.64 bits per heavy atom. The Bertz CT molecular complexity index is 528. The third kappa shape index (κ3) is 3.81. The largest absolute Gasteiger partial charge is 0.384 e. The highest BCUT2D eigenvalue weighted by atomic mass is 16.5. The molecule has 5 nitrogen and oxygen atoms in total. The Kier molecular flexibility index (Phi) is 5.85. The highest BCUT2D eigenvalue weighted by Gasteiger charge is 2.41. The van der Waals surface area contributed by atoms with Crippen molar-refractivity contribution in [1.82, 2.24) is 0 Å². The average molecular weight is 304 g/mol. The highest BCUT2D eigenvalue weighted by Crippen LogP contribution is 2.24. The monoisotopic (exact) mass is 304 g/mol. The number of aliphatic imine (C=N–C) groups is 1. The lowest BCUT2D eigenvalue weighted by Crippen LogP contribution is -2.60. The molecule has 0 saturated heterocycles. The molecule has 0 radical (unpaired) electrons. The van der Waals surface area contributed by atoms with E-state index in [1.165, 1.54) is 0 Å². The molecule has 2 atom stereocenters. The Morgan fingerprint density at radius 2 is 2.00 bits per heavy atom. The molecule has 0 amide bonds. The van der Waals surface area contributed by atoms with E-state index < -0.39 is 0 Å². The maximum absolute atomic E-state index is 9.60. The summed E-state index contributed by atoms with van der Waals surface area (Å²) in [4.78, 5) is 4.26. The Morgan fingerprint density at radius 1 is 1.27 bits per heavy atom. The fraction of sp³-hybridized carbons (Fsp3) is 0.471. The van der Waals surface area contributed by atoms with Gasteiger partial charge in [-0.15, -0.1) is 0 Å². The third-order valence-corrected chi connectivity index (χ3v) is 3.90. The first-order valence-electron chi connectivity index (χ1n) is 7.69. The SMILES string of the molecule is CC(C)C[C@@H](N)[N+]1(COCc2ccccc2)C=CN=C1CO. The molecule has 1 aromatic carbocycles. The Balaban J connectivity index is 2.06. The minimum atomic E-state index is -0.180. The molecular formula is C17H26N3O2+. The summed E-state index contributed by atoms with van der Waals surface area (Å²) >= 11 is 0. The van der Waals surface area contributed by atoms with Crippen LogP contribution in [0.25, 0.3) is 0 Å². The Labute approximate surface area is 132 Å². The molecule has 1 aliphatic heterocycles. The van der Waals surface area contributed by atoms with Gasteiger partial charge in [0.1, 0.15) is 12.8 Å². The summed E-state index contributed by atoms with van der Waals surface area (Å²) in [7, 11) is 0. The highest BCUT2D eigenvalue weighted by molar-refractivity contribution is 5.79. The molecule has 2 rings (SSSR count). The topological polar surface area (TPSA) is 67.8 Å². The maximum atomic E-state index is 9.60. The minimum absolute atomic E-state index is 0.118. The van der Waals surface area contributed by atoms with Crippen molar-refractivity contribution in [3.8, 4) is 0 Å². The second-order valence-corrected chi connectivity index (χ2v) is 6.09. The zero-order valence-corrected chi connectivity index (χ0v) is 13.4. The van der Waals surface area contributed by atoms with Gasteiger partial charge in [-0.3, -0.25) is 5.73 Å². The molecule has 1 heterocycles. The van der Waals surface area contributed by atoms with E-state index in [-0.39, 0.29) is 17.3 Å². The van der Waals surface area contributed by atoms with E-state index in [0.717, 1.165) is 12.0 Å². The number of nitrogens with zero attached hydrogens (tertiary/aromatic N) is 2. The first-order valence-corrected chi connectivity index (χ1v) is 7.69. The van der Waals surface area contributed by atoms with E-state index in [4.69, 9.17) is 10.5 Å². The van der Waals surface area contributed by atoms with Crippen LogP contribution in [0.3, 0.4) is 0 Å². The summed E-state index contributed by atoms with van der Waals surface area (Å²) in [5.74, 6) is 1.11. The Hall–Kier alpha value is -1.53. The molecular weight excluding hydrogens is 278 g/mol. The van der Waals surface area contributed by atoms with Crippen LogP contribution in [-0.2, 0) is 11.3 Å². The van der Waals surface area contributed by atoms with Crippen LogP contribution in [0.2, 0.25) is 0 Å². The van der Waals surface area contributed by atoms with E-state index in [1.54, 1.807) is 6.20 Å². The van der Waals surface area contributed by atoms with Crippen LogP contribution in [0.1, 0.15) is 25.8 Å². The second kappa shape index (κ2) is 7.65. The van der Waals surface area contributed by atoms with E-state index in [0.29, 0.717) is 25.1 Å². The van der Waals surface area contributed by atoms with Crippen LogP contribution < -0.4 is 5.73 Å². The summed E-state index contributed by atoms with van der Waals surface area (Å²) in [6.07, 6.45) is 4.28. The van der Waals surface area contributed by atoms with Crippen molar-refractivity contribution in [3.05, 3.63) is 48.3 Å². The number of amidine groups is 1. The molecule has 1 aromatic rings. The number of benzene rings is 1. The summed E-state index contributed by atoms with van der Waals surface area (Å²) in [6.45, 7) is 5.04. The van der Waals surface area contributed by atoms with Gasteiger partial charge in [0.05, 0.1) is 12.8 Å². The number of hydrogen-bond donors (Lipinski definition) is 2. The van der Waals surface area contributed by atoms with Crippen LogP contribution in [0.4, 0.5) is 0 Å². The number of aliphatic hydroxyl groups is 1. The lowest BCUT2D eigenvalue weighted by atomic mass is 10.1. The van der Waals surface area contributed by atoms with Gasteiger partial charge in [-0.2, -0.15) is 0 Å². The first-order chi connectivity index (χ1) is 10.6. The van der Waals surface area contributed by atoms with Crippen LogP contribution in [0.5, 0.6) is 0 Å². The van der Waals surface area contributed by atoms with Gasteiger partial charge in [-0.25, -0.2) is 9.48 Å². The van der Waals surface area contributed by atoms with E-state index >= 15 is 0 Å². The first kappa shape index (κ1) is 16.8. The number of aliphatic hydroxyl groups excluding tert-OH is 1. The number of rotatable bonds is 8. The van der Waals surface area contributed by atoms with Gasteiger partial charge in [0.25, 0.3) is 0 Å². The molecule has 0 aliphatic carbocycles. The predicted octanol–water partition coefficient (Wildman–Crippen LogP) is 2.18. The van der Waals surface area contributed by atoms with E-state index in [9.17, 15) is 5.11 Å². The van der Waals surface area contributed by atoms with Crippen LogP contribution in [0, 0.1) is 5.92 Å². The molecule has 0 saturated carbocycles. The molecule has 0 spiro atoms. The lowest BCUT2D eigenvalue weighted by Gasteiger charge is -2.37. The molecule has 0 fully saturated rings. The fourth-order valence-corrected chi connectivity index (χ4v) is 2.68. The number of nitrogens with two attached hydrogens (primary N) is 1. The molecule has 1 unspecified atom stereocenters. The zero-order chi connectivity index (χ0) is 16.0. The van der Waals surface area contributed by atoms with Crippen molar-refractivity contribution in [2.75, 3.05) is 13.3 Å². The van der Waals surface area contributed by atoms with Gasteiger partial charge in [0, 0.05) is 6.42 Å². The van der Waals surface area contributed by atoms with Gasteiger partial charge in [0.15, 0.2) is 12.9 Å². The van der Waals surface area contributed by atoms with Gasteiger partial charge >= 0.3 is 0 Å². The quantitative estimate of drug-likeness (QED) is 0.723. The average Bonchev–Trinajstić information content (AvgIpc) is 2.92. The van der Waals surface area contributed by atoms with Gasteiger partial charge in [0.2, 0.25) is 5.84 Å². The summed E-state index contributed by atoms with van der Waals surface area (Å²) in [5.41, 5.74) is 7.52. The number of hydrogen-bond acceptors (Lipinski definition) is 4. The van der Waals surface area contributed by atoms with Crippen molar-refractivity contribution >= 4 is 5.84 Å². The fourth-order valence-electron chi connectivity index (χ4n) is 2.68. The molecule has 1 aliphatic rings. The van der Waals surface area contributed by atoms with Crippen LogP contribution in [-0.4, -0.2) is 34.9 Å². The molecule has 22 heavy (non-hydrogen) atoms. The van der Waals surface area contributed by atoms with Crippen molar-refractivity contribution in [3.63, 3.8) is 0 Å². The minimum Gasteiger partial charge on any atom is -0.384 e.